The number of para-hydroxylation sites is 1. The van der Waals surface area contributed by atoms with Crippen LogP contribution in [0.3, 0.4) is 0 Å². The van der Waals surface area contributed by atoms with Crippen molar-refractivity contribution in [1.82, 2.24) is 10.3 Å². The number of carbonyl (C=O) groups is 2. The molecule has 184 valence electrons. The number of esters is 1. The maximum atomic E-state index is 13.0. The molecule has 3 rings (SSSR count). The summed E-state index contributed by atoms with van der Waals surface area (Å²) in [5, 5.41) is 12.9. The summed E-state index contributed by atoms with van der Waals surface area (Å²) in [5.41, 5.74) is -0.227. The van der Waals surface area contributed by atoms with Gasteiger partial charge in [-0.3, -0.25) is 4.79 Å². The molecule has 4 atom stereocenters. The van der Waals surface area contributed by atoms with Gasteiger partial charge in [-0.25, -0.2) is 9.78 Å². The number of hydrogen-bond donors (Lipinski definition) is 2. The fourth-order valence-electron chi connectivity index (χ4n) is 3.84. The van der Waals surface area contributed by atoms with Crippen LogP contribution < -0.4 is 14.8 Å². The summed E-state index contributed by atoms with van der Waals surface area (Å²) >= 11 is 0. The SMILES string of the molecule is CCCOC1CCCC(NC(=O)c2nccc(OC)c2O)C(=O)OC(C)C1Oc1ccccc1. The molecule has 1 aliphatic rings. The molecule has 1 amide bonds. The molecule has 0 spiro atoms. The minimum Gasteiger partial charge on any atom is -0.503 e. The molecular formula is C25H32N2O7. The van der Waals surface area contributed by atoms with Gasteiger partial charge in [-0.2, -0.15) is 0 Å². The Balaban J connectivity index is 1.77. The van der Waals surface area contributed by atoms with E-state index in [2.05, 4.69) is 10.3 Å². The fraction of sp³-hybridized carbons (Fsp3) is 0.480. The topological polar surface area (TPSA) is 116 Å². The van der Waals surface area contributed by atoms with Gasteiger partial charge in [0, 0.05) is 18.9 Å². The molecule has 1 fully saturated rings. The second-order valence-electron chi connectivity index (χ2n) is 8.11. The number of nitrogens with one attached hydrogen (secondary N) is 1. The van der Waals surface area contributed by atoms with Crippen LogP contribution in [0, 0.1) is 0 Å². The number of aromatic hydroxyl groups is 1. The van der Waals surface area contributed by atoms with E-state index in [1.807, 2.05) is 37.3 Å². The van der Waals surface area contributed by atoms with Crippen molar-refractivity contribution in [2.24, 2.45) is 0 Å². The molecule has 1 saturated heterocycles. The minimum atomic E-state index is -0.912. The number of methoxy groups -OCH3 is 1. The van der Waals surface area contributed by atoms with E-state index >= 15 is 0 Å². The second-order valence-corrected chi connectivity index (χ2v) is 8.11. The third kappa shape index (κ3) is 6.38. The third-order valence-corrected chi connectivity index (χ3v) is 5.58. The van der Waals surface area contributed by atoms with Crippen molar-refractivity contribution in [3.8, 4) is 17.2 Å². The van der Waals surface area contributed by atoms with Gasteiger partial charge >= 0.3 is 5.97 Å². The number of nitrogens with zero attached hydrogens (tertiary/aromatic N) is 1. The van der Waals surface area contributed by atoms with Crippen molar-refractivity contribution >= 4 is 11.9 Å². The number of hydrogen-bond acceptors (Lipinski definition) is 8. The monoisotopic (exact) mass is 472 g/mol. The lowest BCUT2D eigenvalue weighted by Gasteiger charge is -2.31. The summed E-state index contributed by atoms with van der Waals surface area (Å²) in [7, 11) is 1.37. The second kappa shape index (κ2) is 12.2. The normalized spacial score (nSPS) is 23.1. The highest BCUT2D eigenvalue weighted by Crippen LogP contribution is 2.28. The van der Waals surface area contributed by atoms with Crippen LogP contribution in [0.2, 0.25) is 0 Å². The zero-order valence-electron chi connectivity index (χ0n) is 19.7. The van der Waals surface area contributed by atoms with E-state index in [0.29, 0.717) is 31.6 Å². The first-order chi connectivity index (χ1) is 16.4. The lowest BCUT2D eigenvalue weighted by molar-refractivity contribution is -0.159. The standard InChI is InChI=1S/C25H32N2O7/c1-4-15-32-20-12-8-11-18(27-24(29)21-22(28)19(31-3)13-14-26-21)25(30)33-16(2)23(20)34-17-9-6-5-7-10-17/h5-7,9-10,13-14,16,18,20,23,28H,4,8,11-12,15H2,1-3H3,(H,27,29). The quantitative estimate of drug-likeness (QED) is 0.563. The Hall–Kier alpha value is -3.33. The first-order valence-corrected chi connectivity index (χ1v) is 11.5. The van der Waals surface area contributed by atoms with Gasteiger partial charge in [0.1, 0.15) is 17.9 Å². The molecule has 4 unspecified atom stereocenters. The van der Waals surface area contributed by atoms with Gasteiger partial charge in [0.25, 0.3) is 5.91 Å². The van der Waals surface area contributed by atoms with Gasteiger partial charge in [0.05, 0.1) is 13.2 Å². The molecule has 0 radical (unpaired) electrons. The molecule has 0 aliphatic carbocycles. The van der Waals surface area contributed by atoms with E-state index in [-0.39, 0.29) is 17.5 Å². The highest BCUT2D eigenvalue weighted by Gasteiger charge is 2.36. The van der Waals surface area contributed by atoms with Gasteiger partial charge in [0.15, 0.2) is 23.3 Å². The van der Waals surface area contributed by atoms with Crippen molar-refractivity contribution in [2.45, 2.75) is 63.9 Å². The van der Waals surface area contributed by atoms with E-state index < -0.39 is 35.9 Å². The summed E-state index contributed by atoms with van der Waals surface area (Å²) in [5.74, 6) is -0.898. The van der Waals surface area contributed by atoms with Gasteiger partial charge in [0.2, 0.25) is 0 Å². The Kier molecular flexibility index (Phi) is 9.09. The van der Waals surface area contributed by atoms with Crippen molar-refractivity contribution in [2.75, 3.05) is 13.7 Å². The number of ether oxygens (including phenoxy) is 4. The maximum absolute atomic E-state index is 13.0. The van der Waals surface area contributed by atoms with Crippen molar-refractivity contribution in [1.29, 1.82) is 0 Å². The van der Waals surface area contributed by atoms with Crippen LogP contribution in [0.25, 0.3) is 0 Å². The number of amides is 1. The Labute approximate surface area is 199 Å². The Bertz CT molecular complexity index is 954. The van der Waals surface area contributed by atoms with E-state index in [9.17, 15) is 14.7 Å². The molecule has 9 nitrogen and oxygen atoms in total. The molecule has 9 heteroatoms. The van der Waals surface area contributed by atoms with Crippen LogP contribution in [-0.2, 0) is 14.3 Å². The summed E-state index contributed by atoms with van der Waals surface area (Å²) in [6.07, 6.45) is 2.30. The first-order valence-electron chi connectivity index (χ1n) is 11.5. The Morgan fingerprint density at radius 2 is 2.00 bits per heavy atom. The van der Waals surface area contributed by atoms with Crippen LogP contribution in [0.1, 0.15) is 50.0 Å². The largest absolute Gasteiger partial charge is 0.503 e. The van der Waals surface area contributed by atoms with Crippen LogP contribution in [0.4, 0.5) is 0 Å². The number of cyclic esters (lactones) is 1. The van der Waals surface area contributed by atoms with Gasteiger partial charge in [-0.05, 0) is 44.7 Å². The summed E-state index contributed by atoms with van der Waals surface area (Å²) in [6.45, 7) is 4.34. The minimum absolute atomic E-state index is 0.114. The lowest BCUT2D eigenvalue weighted by atomic mass is 10.0. The number of benzene rings is 1. The highest BCUT2D eigenvalue weighted by molar-refractivity contribution is 5.97. The number of carbonyl (C=O) groups excluding carboxylic acids is 2. The number of rotatable bonds is 8. The molecule has 0 bridgehead atoms. The van der Waals surface area contributed by atoms with E-state index in [4.69, 9.17) is 18.9 Å². The van der Waals surface area contributed by atoms with E-state index in [0.717, 1.165) is 6.42 Å². The van der Waals surface area contributed by atoms with E-state index in [1.54, 1.807) is 6.92 Å². The predicted octanol–water partition coefficient (Wildman–Crippen LogP) is 3.25. The molecule has 0 saturated carbocycles. The summed E-state index contributed by atoms with van der Waals surface area (Å²) in [4.78, 5) is 29.7. The van der Waals surface area contributed by atoms with Crippen molar-refractivity contribution < 1.29 is 33.6 Å². The Morgan fingerprint density at radius 3 is 2.71 bits per heavy atom. The van der Waals surface area contributed by atoms with Crippen molar-refractivity contribution in [3.63, 3.8) is 0 Å². The van der Waals surface area contributed by atoms with Gasteiger partial charge < -0.3 is 29.4 Å². The van der Waals surface area contributed by atoms with Crippen molar-refractivity contribution in [3.05, 3.63) is 48.3 Å². The van der Waals surface area contributed by atoms with Crippen LogP contribution in [-0.4, -0.2) is 60.0 Å². The maximum Gasteiger partial charge on any atom is 0.329 e. The van der Waals surface area contributed by atoms with Crippen LogP contribution >= 0.6 is 0 Å². The Morgan fingerprint density at radius 1 is 1.24 bits per heavy atom. The molecule has 1 aromatic heterocycles. The lowest BCUT2D eigenvalue weighted by Crippen LogP contribution is -2.46. The average molecular weight is 473 g/mol. The van der Waals surface area contributed by atoms with Gasteiger partial charge in [-0.15, -0.1) is 0 Å². The highest BCUT2D eigenvalue weighted by atomic mass is 16.6. The molecule has 1 aliphatic heterocycles. The van der Waals surface area contributed by atoms with Crippen LogP contribution in [0.5, 0.6) is 17.2 Å². The first kappa shape index (κ1) is 25.3. The zero-order valence-corrected chi connectivity index (χ0v) is 19.7. The van der Waals surface area contributed by atoms with E-state index in [1.165, 1.54) is 19.4 Å². The molecule has 2 aromatic rings. The molecule has 34 heavy (non-hydrogen) atoms. The van der Waals surface area contributed by atoms with Crippen LogP contribution in [0.15, 0.2) is 42.6 Å². The summed E-state index contributed by atoms with van der Waals surface area (Å²) < 4.78 is 23.0. The average Bonchev–Trinajstić information content (AvgIpc) is 2.88. The van der Waals surface area contributed by atoms with Gasteiger partial charge in [-0.1, -0.05) is 25.1 Å². The molecule has 2 heterocycles. The smallest absolute Gasteiger partial charge is 0.329 e. The fourth-order valence-corrected chi connectivity index (χ4v) is 3.84. The molecule has 2 N–H and O–H groups in total. The number of aromatic nitrogens is 1. The predicted molar refractivity (Wildman–Crippen MR) is 124 cm³/mol. The molecular weight excluding hydrogens is 440 g/mol. The third-order valence-electron chi connectivity index (χ3n) is 5.58. The number of pyridine rings is 1. The molecule has 1 aromatic carbocycles. The summed E-state index contributed by atoms with van der Waals surface area (Å²) in [6, 6.07) is 9.85. The zero-order chi connectivity index (χ0) is 24.5.